The topological polar surface area (TPSA) is 116 Å². The molecule has 0 aliphatic carbocycles. The summed E-state index contributed by atoms with van der Waals surface area (Å²) in [4.78, 5) is 11.9. The van der Waals surface area contributed by atoms with Crippen molar-refractivity contribution >= 4 is 21.6 Å². The Bertz CT molecular complexity index is 782. The van der Waals surface area contributed by atoms with E-state index < -0.39 is 15.9 Å². The van der Waals surface area contributed by atoms with Crippen LogP contribution in [0.15, 0.2) is 35.5 Å². The van der Waals surface area contributed by atoms with E-state index in [-0.39, 0.29) is 10.6 Å². The molecule has 21 heavy (non-hydrogen) atoms. The number of nitrogens with zero attached hydrogens (tertiary/aromatic N) is 2. The fraction of sp³-hybridized carbons (Fsp3) is 0.167. The first-order valence-electron chi connectivity index (χ1n) is 5.82. The summed E-state index contributed by atoms with van der Waals surface area (Å²) >= 11 is 0. The average Bonchev–Trinajstić information content (AvgIpc) is 2.84. The number of carbonyl (C=O) groups excluding carboxylic acids is 1. The van der Waals surface area contributed by atoms with Crippen LogP contribution < -0.4 is 15.2 Å². The monoisotopic (exact) mass is 310 g/mol. The summed E-state index contributed by atoms with van der Waals surface area (Å²) < 4.78 is 29.3. The number of carbonyl (C=O) groups is 1. The van der Waals surface area contributed by atoms with Crippen LogP contribution in [0.2, 0.25) is 0 Å². The van der Waals surface area contributed by atoms with Crippen LogP contribution in [-0.2, 0) is 17.1 Å². The molecule has 2 aromatic rings. The Balaban J connectivity index is 2.36. The molecule has 1 aromatic heterocycles. The van der Waals surface area contributed by atoms with Gasteiger partial charge in [0, 0.05) is 13.2 Å². The number of anilines is 1. The zero-order chi connectivity index (χ0) is 15.6. The molecule has 0 spiro atoms. The Labute approximate surface area is 121 Å². The Morgan fingerprint density at radius 1 is 1.43 bits per heavy atom. The summed E-state index contributed by atoms with van der Waals surface area (Å²) in [5.74, 6) is -0.118. The average molecular weight is 310 g/mol. The largest absolute Gasteiger partial charge is 0.495 e. The third-order valence-corrected chi connectivity index (χ3v) is 3.63. The summed E-state index contributed by atoms with van der Waals surface area (Å²) in [6.45, 7) is 0. The molecule has 112 valence electrons. The summed E-state index contributed by atoms with van der Waals surface area (Å²) in [7, 11) is -0.782. The highest BCUT2D eigenvalue weighted by Gasteiger charge is 2.15. The van der Waals surface area contributed by atoms with Gasteiger partial charge >= 0.3 is 0 Å². The van der Waals surface area contributed by atoms with Crippen molar-refractivity contribution in [1.82, 2.24) is 9.78 Å². The van der Waals surface area contributed by atoms with Gasteiger partial charge in [-0.2, -0.15) is 5.10 Å². The van der Waals surface area contributed by atoms with Crippen molar-refractivity contribution in [2.24, 2.45) is 12.2 Å². The normalized spacial score (nSPS) is 11.2. The molecule has 0 aliphatic heterocycles. The molecule has 1 aromatic carbocycles. The number of rotatable bonds is 4. The van der Waals surface area contributed by atoms with Crippen molar-refractivity contribution in [3.05, 3.63) is 36.2 Å². The van der Waals surface area contributed by atoms with Crippen LogP contribution in [0.5, 0.6) is 5.75 Å². The van der Waals surface area contributed by atoms with Gasteiger partial charge in [0.1, 0.15) is 5.75 Å². The van der Waals surface area contributed by atoms with E-state index in [9.17, 15) is 13.2 Å². The van der Waals surface area contributed by atoms with Crippen LogP contribution >= 0.6 is 0 Å². The van der Waals surface area contributed by atoms with Gasteiger partial charge in [0.15, 0.2) is 0 Å². The molecule has 3 N–H and O–H groups in total. The number of nitrogens with one attached hydrogen (secondary N) is 1. The molecular weight excluding hydrogens is 296 g/mol. The molecule has 0 unspecified atom stereocenters. The number of methoxy groups -OCH3 is 1. The second-order valence-corrected chi connectivity index (χ2v) is 5.83. The minimum atomic E-state index is -3.87. The van der Waals surface area contributed by atoms with Gasteiger partial charge in [0.25, 0.3) is 5.91 Å². The highest BCUT2D eigenvalue weighted by atomic mass is 32.2. The molecule has 0 saturated carbocycles. The first kappa shape index (κ1) is 15.0. The number of primary sulfonamides is 1. The number of hydrogen-bond acceptors (Lipinski definition) is 5. The van der Waals surface area contributed by atoms with Crippen LogP contribution in [0.1, 0.15) is 10.4 Å². The molecule has 1 amide bonds. The summed E-state index contributed by atoms with van der Waals surface area (Å²) in [6, 6.07) is 3.95. The quantitative estimate of drug-likeness (QED) is 0.844. The molecule has 0 fully saturated rings. The van der Waals surface area contributed by atoms with Crippen molar-refractivity contribution in [2.45, 2.75) is 4.90 Å². The van der Waals surface area contributed by atoms with E-state index in [2.05, 4.69) is 10.4 Å². The van der Waals surface area contributed by atoms with E-state index in [0.717, 1.165) is 0 Å². The van der Waals surface area contributed by atoms with Gasteiger partial charge in [-0.05, 0) is 18.2 Å². The van der Waals surface area contributed by atoms with Gasteiger partial charge in [-0.1, -0.05) is 0 Å². The number of ether oxygens (including phenoxy) is 1. The zero-order valence-electron chi connectivity index (χ0n) is 11.4. The number of sulfonamides is 1. The molecule has 1 heterocycles. The first-order valence-corrected chi connectivity index (χ1v) is 7.36. The van der Waals surface area contributed by atoms with E-state index in [1.165, 1.54) is 42.4 Å². The predicted octanol–water partition coefficient (Wildman–Crippen LogP) is 0.328. The van der Waals surface area contributed by atoms with Gasteiger partial charge in [-0.25, -0.2) is 13.6 Å². The molecule has 0 radical (unpaired) electrons. The molecular formula is C12H14N4O4S. The van der Waals surface area contributed by atoms with Crippen molar-refractivity contribution < 1.29 is 17.9 Å². The van der Waals surface area contributed by atoms with Crippen LogP contribution in [0.3, 0.4) is 0 Å². The van der Waals surface area contributed by atoms with Crippen LogP contribution in [0.25, 0.3) is 0 Å². The molecule has 0 saturated heterocycles. The van der Waals surface area contributed by atoms with Crippen molar-refractivity contribution in [2.75, 3.05) is 12.4 Å². The van der Waals surface area contributed by atoms with Crippen molar-refractivity contribution in [3.63, 3.8) is 0 Å². The smallest absolute Gasteiger partial charge is 0.258 e. The van der Waals surface area contributed by atoms with Crippen LogP contribution in [-0.4, -0.2) is 31.2 Å². The SMILES string of the molecule is COc1ccc(S(N)(=O)=O)cc1NC(=O)c1cnn(C)c1. The molecule has 2 rings (SSSR count). The highest BCUT2D eigenvalue weighted by molar-refractivity contribution is 7.89. The van der Waals surface area contributed by atoms with E-state index in [1.54, 1.807) is 7.05 Å². The maximum atomic E-state index is 12.1. The second kappa shape index (κ2) is 5.54. The number of amides is 1. The third-order valence-electron chi connectivity index (χ3n) is 2.71. The maximum Gasteiger partial charge on any atom is 0.258 e. The lowest BCUT2D eigenvalue weighted by Crippen LogP contribution is -2.15. The Kier molecular flexibility index (Phi) is 3.96. The lowest BCUT2D eigenvalue weighted by atomic mass is 10.2. The number of hydrogen-bond donors (Lipinski definition) is 2. The highest BCUT2D eigenvalue weighted by Crippen LogP contribution is 2.27. The fourth-order valence-electron chi connectivity index (χ4n) is 1.69. The number of nitrogens with two attached hydrogens (primary N) is 1. The van der Waals surface area contributed by atoms with Gasteiger partial charge < -0.3 is 10.1 Å². The van der Waals surface area contributed by atoms with E-state index in [0.29, 0.717) is 11.3 Å². The molecule has 0 aliphatic rings. The van der Waals surface area contributed by atoms with Gasteiger partial charge in [-0.3, -0.25) is 9.48 Å². The van der Waals surface area contributed by atoms with Gasteiger partial charge in [0.05, 0.1) is 29.5 Å². The molecule has 0 bridgehead atoms. The lowest BCUT2D eigenvalue weighted by Gasteiger charge is -2.10. The van der Waals surface area contributed by atoms with Crippen molar-refractivity contribution in [1.29, 1.82) is 0 Å². The van der Waals surface area contributed by atoms with Crippen LogP contribution in [0, 0.1) is 0 Å². The Hall–Kier alpha value is -2.39. The molecule has 9 heteroatoms. The Morgan fingerprint density at radius 2 is 2.14 bits per heavy atom. The number of benzene rings is 1. The predicted molar refractivity (Wildman–Crippen MR) is 75.5 cm³/mol. The van der Waals surface area contributed by atoms with Gasteiger partial charge in [-0.15, -0.1) is 0 Å². The van der Waals surface area contributed by atoms with E-state index in [4.69, 9.17) is 9.88 Å². The number of aryl methyl sites for hydroxylation is 1. The maximum absolute atomic E-state index is 12.1. The second-order valence-electron chi connectivity index (χ2n) is 4.26. The molecule has 0 atom stereocenters. The zero-order valence-corrected chi connectivity index (χ0v) is 12.2. The summed E-state index contributed by atoms with van der Waals surface area (Å²) in [6.07, 6.45) is 2.93. The van der Waals surface area contributed by atoms with Crippen LogP contribution in [0.4, 0.5) is 5.69 Å². The van der Waals surface area contributed by atoms with E-state index >= 15 is 0 Å². The summed E-state index contributed by atoms with van der Waals surface area (Å²) in [5.41, 5.74) is 0.540. The standard InChI is InChI=1S/C12H14N4O4S/c1-16-7-8(6-14-16)12(17)15-10-5-9(21(13,18)19)3-4-11(10)20-2/h3-7H,1-2H3,(H,15,17)(H2,13,18,19). The Morgan fingerprint density at radius 3 is 2.67 bits per heavy atom. The summed E-state index contributed by atoms with van der Waals surface area (Å²) in [5, 5.41) is 11.5. The first-order chi connectivity index (χ1) is 9.81. The number of aromatic nitrogens is 2. The van der Waals surface area contributed by atoms with Crippen molar-refractivity contribution in [3.8, 4) is 5.75 Å². The van der Waals surface area contributed by atoms with Gasteiger partial charge in [0.2, 0.25) is 10.0 Å². The lowest BCUT2D eigenvalue weighted by molar-refractivity contribution is 0.102. The minimum Gasteiger partial charge on any atom is -0.495 e. The van der Waals surface area contributed by atoms with E-state index in [1.807, 2.05) is 0 Å². The fourth-order valence-corrected chi connectivity index (χ4v) is 2.23. The minimum absolute atomic E-state index is 0.121. The molecule has 8 nitrogen and oxygen atoms in total. The third kappa shape index (κ3) is 3.38.